The van der Waals surface area contributed by atoms with Crippen LogP contribution in [0, 0.1) is 6.92 Å². The fourth-order valence-corrected chi connectivity index (χ4v) is 1.92. The van der Waals surface area contributed by atoms with Gasteiger partial charge in [-0.1, -0.05) is 22.0 Å². The Balaban J connectivity index is 2.09. The molecule has 0 saturated heterocycles. The summed E-state index contributed by atoms with van der Waals surface area (Å²) in [4.78, 5) is 4.29. The van der Waals surface area contributed by atoms with E-state index in [4.69, 9.17) is 0 Å². The van der Waals surface area contributed by atoms with Crippen LogP contribution in [0.25, 0.3) is 0 Å². The monoisotopic (exact) mass is 292 g/mol. The average molecular weight is 293 g/mol. The molecule has 1 aromatic carbocycles. The number of aromatic hydroxyl groups is 1. The van der Waals surface area contributed by atoms with E-state index in [0.717, 1.165) is 15.9 Å². The molecule has 0 radical (unpaired) electrons. The molecule has 0 fully saturated rings. The number of nitrogens with zero attached hydrogens (tertiary/aromatic N) is 1. The maximum Gasteiger partial charge on any atom is 0.138 e. The SMILES string of the molecule is Cc1ccc(O)c(CNc2cccc(Br)c2)n1. The molecule has 17 heavy (non-hydrogen) atoms. The first-order valence-electron chi connectivity index (χ1n) is 5.30. The Morgan fingerprint density at radius 3 is 2.88 bits per heavy atom. The Morgan fingerprint density at radius 2 is 2.12 bits per heavy atom. The molecule has 1 aromatic heterocycles. The van der Waals surface area contributed by atoms with Crippen LogP contribution in [0.1, 0.15) is 11.4 Å². The first-order valence-corrected chi connectivity index (χ1v) is 6.09. The van der Waals surface area contributed by atoms with Crippen LogP contribution in [0.4, 0.5) is 5.69 Å². The zero-order valence-corrected chi connectivity index (χ0v) is 11.0. The van der Waals surface area contributed by atoms with Crippen molar-refractivity contribution in [1.82, 2.24) is 4.98 Å². The summed E-state index contributed by atoms with van der Waals surface area (Å²) in [6.07, 6.45) is 0. The summed E-state index contributed by atoms with van der Waals surface area (Å²) in [6.45, 7) is 2.41. The second kappa shape index (κ2) is 5.19. The summed E-state index contributed by atoms with van der Waals surface area (Å²) in [5.74, 6) is 0.220. The third kappa shape index (κ3) is 3.20. The number of pyridine rings is 1. The highest BCUT2D eigenvalue weighted by Crippen LogP contribution is 2.19. The van der Waals surface area contributed by atoms with E-state index in [1.54, 1.807) is 12.1 Å². The number of nitrogens with one attached hydrogen (secondary N) is 1. The molecule has 0 aliphatic heterocycles. The van der Waals surface area contributed by atoms with Crippen molar-refractivity contribution in [3.05, 3.63) is 52.3 Å². The van der Waals surface area contributed by atoms with Gasteiger partial charge < -0.3 is 10.4 Å². The van der Waals surface area contributed by atoms with Crippen LogP contribution in [0.15, 0.2) is 40.9 Å². The standard InChI is InChI=1S/C13H13BrN2O/c1-9-5-6-13(17)12(16-9)8-15-11-4-2-3-10(14)7-11/h2-7,15,17H,8H2,1H3. The van der Waals surface area contributed by atoms with Gasteiger partial charge in [0.15, 0.2) is 0 Å². The van der Waals surface area contributed by atoms with E-state index in [1.165, 1.54) is 0 Å². The molecule has 2 rings (SSSR count). The minimum atomic E-state index is 0.220. The summed E-state index contributed by atoms with van der Waals surface area (Å²) < 4.78 is 1.02. The molecule has 2 N–H and O–H groups in total. The highest BCUT2D eigenvalue weighted by molar-refractivity contribution is 9.10. The van der Waals surface area contributed by atoms with Gasteiger partial charge in [-0.25, -0.2) is 0 Å². The molecule has 0 unspecified atom stereocenters. The first-order chi connectivity index (χ1) is 8.15. The molecule has 0 saturated carbocycles. The van der Waals surface area contributed by atoms with Gasteiger partial charge in [-0.15, -0.1) is 0 Å². The van der Waals surface area contributed by atoms with Gasteiger partial charge in [-0.3, -0.25) is 4.98 Å². The van der Waals surface area contributed by atoms with Crippen LogP contribution in [0.5, 0.6) is 5.75 Å². The van der Waals surface area contributed by atoms with Crippen molar-refractivity contribution in [3.8, 4) is 5.75 Å². The van der Waals surface area contributed by atoms with Crippen LogP contribution in [-0.4, -0.2) is 10.1 Å². The predicted molar refractivity (Wildman–Crippen MR) is 72.1 cm³/mol. The van der Waals surface area contributed by atoms with Crippen molar-refractivity contribution in [2.24, 2.45) is 0 Å². The lowest BCUT2D eigenvalue weighted by atomic mass is 10.2. The van der Waals surface area contributed by atoms with E-state index in [0.29, 0.717) is 12.2 Å². The van der Waals surface area contributed by atoms with Crippen molar-refractivity contribution in [2.45, 2.75) is 13.5 Å². The van der Waals surface area contributed by atoms with Crippen LogP contribution < -0.4 is 5.32 Å². The highest BCUT2D eigenvalue weighted by atomic mass is 79.9. The fourth-order valence-electron chi connectivity index (χ4n) is 1.52. The third-order valence-electron chi connectivity index (χ3n) is 2.37. The summed E-state index contributed by atoms with van der Waals surface area (Å²) in [5, 5.41) is 12.9. The second-order valence-electron chi connectivity index (χ2n) is 3.78. The van der Waals surface area contributed by atoms with Crippen LogP contribution in [0.3, 0.4) is 0 Å². The Bertz CT molecular complexity index is 529. The van der Waals surface area contributed by atoms with Gasteiger partial charge >= 0.3 is 0 Å². The van der Waals surface area contributed by atoms with Crippen molar-refractivity contribution >= 4 is 21.6 Å². The molecule has 0 spiro atoms. The number of rotatable bonds is 3. The van der Waals surface area contributed by atoms with Gasteiger partial charge in [0.1, 0.15) is 11.4 Å². The van der Waals surface area contributed by atoms with Crippen LogP contribution in [-0.2, 0) is 6.54 Å². The molecule has 0 bridgehead atoms. The molecule has 1 heterocycles. The summed E-state index contributed by atoms with van der Waals surface area (Å²) in [6, 6.07) is 11.3. The molecule has 88 valence electrons. The van der Waals surface area contributed by atoms with E-state index in [1.807, 2.05) is 31.2 Å². The summed E-state index contributed by atoms with van der Waals surface area (Å²) in [5.41, 5.74) is 2.54. The number of anilines is 1. The van der Waals surface area contributed by atoms with Gasteiger partial charge in [-0.2, -0.15) is 0 Å². The van der Waals surface area contributed by atoms with Crippen molar-refractivity contribution in [2.75, 3.05) is 5.32 Å². The zero-order chi connectivity index (χ0) is 12.3. The summed E-state index contributed by atoms with van der Waals surface area (Å²) in [7, 11) is 0. The lowest BCUT2D eigenvalue weighted by molar-refractivity contribution is 0.464. The number of aryl methyl sites for hydroxylation is 1. The topological polar surface area (TPSA) is 45.1 Å². The van der Waals surface area contributed by atoms with Crippen molar-refractivity contribution in [1.29, 1.82) is 0 Å². The molecule has 2 aromatic rings. The molecule has 3 nitrogen and oxygen atoms in total. The second-order valence-corrected chi connectivity index (χ2v) is 4.70. The number of aromatic nitrogens is 1. The third-order valence-corrected chi connectivity index (χ3v) is 2.87. The maximum atomic E-state index is 9.66. The van der Waals surface area contributed by atoms with E-state index in [9.17, 15) is 5.11 Å². The maximum absolute atomic E-state index is 9.66. The number of benzene rings is 1. The average Bonchev–Trinajstić information content (AvgIpc) is 2.30. The van der Waals surface area contributed by atoms with Crippen LogP contribution >= 0.6 is 15.9 Å². The van der Waals surface area contributed by atoms with Gasteiger partial charge in [0.2, 0.25) is 0 Å². The molecular formula is C13H13BrN2O. The molecular weight excluding hydrogens is 280 g/mol. The van der Waals surface area contributed by atoms with Gasteiger partial charge in [-0.05, 0) is 37.3 Å². The van der Waals surface area contributed by atoms with Crippen LogP contribution in [0.2, 0.25) is 0 Å². The lowest BCUT2D eigenvalue weighted by Gasteiger charge is -2.08. The Labute approximate surface area is 109 Å². The Hall–Kier alpha value is -1.55. The number of halogens is 1. The number of hydrogen-bond donors (Lipinski definition) is 2. The summed E-state index contributed by atoms with van der Waals surface area (Å²) >= 11 is 3.41. The number of hydrogen-bond acceptors (Lipinski definition) is 3. The quantitative estimate of drug-likeness (QED) is 0.910. The van der Waals surface area contributed by atoms with Gasteiger partial charge in [0.05, 0.1) is 6.54 Å². The van der Waals surface area contributed by atoms with Crippen molar-refractivity contribution < 1.29 is 5.11 Å². The molecule has 4 heteroatoms. The smallest absolute Gasteiger partial charge is 0.138 e. The van der Waals surface area contributed by atoms with Gasteiger partial charge in [0, 0.05) is 15.9 Å². The van der Waals surface area contributed by atoms with Gasteiger partial charge in [0.25, 0.3) is 0 Å². The van der Waals surface area contributed by atoms with E-state index < -0.39 is 0 Å². The largest absolute Gasteiger partial charge is 0.506 e. The molecule has 0 aliphatic carbocycles. The minimum absolute atomic E-state index is 0.220. The molecule has 0 amide bonds. The lowest BCUT2D eigenvalue weighted by Crippen LogP contribution is -2.02. The predicted octanol–water partition coefficient (Wildman–Crippen LogP) is 3.47. The van der Waals surface area contributed by atoms with Crippen molar-refractivity contribution in [3.63, 3.8) is 0 Å². The fraction of sp³-hybridized carbons (Fsp3) is 0.154. The molecule has 0 atom stereocenters. The normalized spacial score (nSPS) is 10.2. The Morgan fingerprint density at radius 1 is 1.29 bits per heavy atom. The molecule has 0 aliphatic rings. The van der Waals surface area contributed by atoms with E-state index in [-0.39, 0.29) is 5.75 Å². The van der Waals surface area contributed by atoms with E-state index in [2.05, 4.69) is 26.2 Å². The first kappa shape index (κ1) is 11.9. The Kier molecular flexibility index (Phi) is 3.64. The zero-order valence-electron chi connectivity index (χ0n) is 9.44. The minimum Gasteiger partial charge on any atom is -0.506 e. The highest BCUT2D eigenvalue weighted by Gasteiger charge is 2.03. The van der Waals surface area contributed by atoms with E-state index >= 15 is 0 Å².